The average Bonchev–Trinajstić information content (AvgIpc) is 3.44. The summed E-state index contributed by atoms with van der Waals surface area (Å²) in [7, 11) is 0. The smallest absolute Gasteiger partial charge is 0.338 e. The summed E-state index contributed by atoms with van der Waals surface area (Å²) in [5.41, 5.74) is 3.67. The number of ether oxygens (including phenoxy) is 1. The summed E-state index contributed by atoms with van der Waals surface area (Å²) in [5.74, 6) is 2.14. The van der Waals surface area contributed by atoms with Gasteiger partial charge in [-0.2, -0.15) is 0 Å². The van der Waals surface area contributed by atoms with E-state index in [0.717, 1.165) is 48.7 Å². The molecule has 0 N–H and O–H groups in total. The van der Waals surface area contributed by atoms with Crippen LogP contribution in [0.5, 0.6) is 0 Å². The molecule has 28 heavy (non-hydrogen) atoms. The lowest BCUT2D eigenvalue weighted by Gasteiger charge is -2.14. The normalized spacial score (nSPS) is 19.0. The number of carbonyl (C=O) groups is 1. The number of hydrogen-bond donors (Lipinski definition) is 0. The standard InChI is InChI=1S/C23H22N2O3/c26-23-21-12-17(4-5-18(21)15-27-23)22-7-6-20(28-22)14-25-10-8-16(13-25)11-19-3-1-2-9-24-19/h1-7,9,12,16H,8,10-11,13-15H2. The first-order valence-corrected chi connectivity index (χ1v) is 9.76. The van der Waals surface area contributed by atoms with Crippen molar-refractivity contribution in [2.45, 2.75) is 26.0 Å². The molecule has 4 heterocycles. The maximum atomic E-state index is 11.8. The Morgan fingerprint density at radius 2 is 2.11 bits per heavy atom. The number of fused-ring (bicyclic) bond motifs is 1. The van der Waals surface area contributed by atoms with Gasteiger partial charge in [-0.25, -0.2) is 4.79 Å². The average molecular weight is 374 g/mol. The van der Waals surface area contributed by atoms with Crippen molar-refractivity contribution in [3.63, 3.8) is 0 Å². The first-order chi connectivity index (χ1) is 13.7. The van der Waals surface area contributed by atoms with Crippen LogP contribution >= 0.6 is 0 Å². The molecule has 2 aliphatic rings. The Bertz CT molecular complexity index is 996. The molecule has 0 saturated carbocycles. The zero-order valence-electron chi connectivity index (χ0n) is 15.6. The lowest BCUT2D eigenvalue weighted by molar-refractivity contribution is 0.0535. The molecule has 1 atom stereocenters. The fourth-order valence-electron chi connectivity index (χ4n) is 4.14. The highest BCUT2D eigenvalue weighted by Crippen LogP contribution is 2.29. The van der Waals surface area contributed by atoms with Crippen molar-refractivity contribution >= 4 is 5.97 Å². The number of aromatic nitrogens is 1. The number of cyclic esters (lactones) is 1. The van der Waals surface area contributed by atoms with Gasteiger partial charge in [0.2, 0.25) is 0 Å². The summed E-state index contributed by atoms with van der Waals surface area (Å²) < 4.78 is 11.2. The van der Waals surface area contributed by atoms with Crippen molar-refractivity contribution in [2.24, 2.45) is 5.92 Å². The van der Waals surface area contributed by atoms with E-state index in [-0.39, 0.29) is 5.97 Å². The van der Waals surface area contributed by atoms with Gasteiger partial charge in [0.15, 0.2) is 0 Å². The van der Waals surface area contributed by atoms with E-state index in [1.165, 1.54) is 12.1 Å². The van der Waals surface area contributed by atoms with Crippen LogP contribution < -0.4 is 0 Å². The van der Waals surface area contributed by atoms with Crippen LogP contribution in [0.15, 0.2) is 59.1 Å². The fraction of sp³-hybridized carbons (Fsp3) is 0.304. The molecule has 3 aromatic rings. The molecule has 2 aliphatic heterocycles. The quantitative estimate of drug-likeness (QED) is 0.630. The minimum Gasteiger partial charge on any atom is -0.460 e. The fourth-order valence-corrected chi connectivity index (χ4v) is 4.14. The number of likely N-dealkylation sites (tertiary alicyclic amines) is 1. The van der Waals surface area contributed by atoms with Crippen LogP contribution in [0.3, 0.4) is 0 Å². The number of hydrogen-bond acceptors (Lipinski definition) is 5. The number of rotatable bonds is 5. The third-order valence-corrected chi connectivity index (χ3v) is 5.61. The Kier molecular flexibility index (Phi) is 4.45. The van der Waals surface area contributed by atoms with Gasteiger partial charge in [0, 0.05) is 29.6 Å². The highest BCUT2D eigenvalue weighted by molar-refractivity contribution is 5.94. The largest absolute Gasteiger partial charge is 0.460 e. The molecule has 142 valence electrons. The van der Waals surface area contributed by atoms with Gasteiger partial charge in [-0.05, 0) is 55.6 Å². The molecule has 0 amide bonds. The van der Waals surface area contributed by atoms with Gasteiger partial charge in [0.1, 0.15) is 18.1 Å². The molecule has 1 fully saturated rings. The van der Waals surface area contributed by atoms with Crippen LogP contribution in [-0.4, -0.2) is 28.9 Å². The van der Waals surface area contributed by atoms with Gasteiger partial charge in [-0.1, -0.05) is 18.2 Å². The van der Waals surface area contributed by atoms with Crippen LogP contribution in [0, 0.1) is 5.92 Å². The predicted molar refractivity (Wildman–Crippen MR) is 105 cm³/mol. The molecular formula is C23H22N2O3. The monoisotopic (exact) mass is 374 g/mol. The maximum Gasteiger partial charge on any atom is 0.338 e. The Balaban J connectivity index is 1.23. The Morgan fingerprint density at radius 3 is 3.00 bits per heavy atom. The summed E-state index contributed by atoms with van der Waals surface area (Å²) in [6.07, 6.45) is 4.09. The van der Waals surface area contributed by atoms with Crippen LogP contribution in [0.4, 0.5) is 0 Å². The van der Waals surface area contributed by atoms with Gasteiger partial charge in [-0.15, -0.1) is 0 Å². The van der Waals surface area contributed by atoms with Crippen molar-refractivity contribution < 1.29 is 13.9 Å². The first-order valence-electron chi connectivity index (χ1n) is 9.76. The molecule has 1 saturated heterocycles. The van der Waals surface area contributed by atoms with E-state index < -0.39 is 0 Å². The lowest BCUT2D eigenvalue weighted by Crippen LogP contribution is -2.20. The van der Waals surface area contributed by atoms with Crippen LogP contribution in [0.1, 0.15) is 33.8 Å². The van der Waals surface area contributed by atoms with Crippen molar-refractivity contribution in [1.82, 2.24) is 9.88 Å². The predicted octanol–water partition coefficient (Wildman–Crippen LogP) is 4.08. The van der Waals surface area contributed by atoms with Crippen molar-refractivity contribution in [3.8, 4) is 11.3 Å². The third kappa shape index (κ3) is 3.45. The van der Waals surface area contributed by atoms with Gasteiger partial charge < -0.3 is 9.15 Å². The number of benzene rings is 1. The molecule has 5 nitrogen and oxygen atoms in total. The molecule has 1 aromatic carbocycles. The van der Waals surface area contributed by atoms with E-state index in [1.807, 2.05) is 42.6 Å². The summed E-state index contributed by atoms with van der Waals surface area (Å²) in [5, 5.41) is 0. The van der Waals surface area contributed by atoms with Crippen molar-refractivity contribution in [3.05, 3.63) is 77.3 Å². The van der Waals surface area contributed by atoms with Crippen molar-refractivity contribution in [1.29, 1.82) is 0 Å². The van der Waals surface area contributed by atoms with Crippen LogP contribution in [0.25, 0.3) is 11.3 Å². The lowest BCUT2D eigenvalue weighted by atomic mass is 10.0. The molecule has 2 aromatic heterocycles. The maximum absolute atomic E-state index is 11.8. The Hall–Kier alpha value is -2.92. The second kappa shape index (κ2) is 7.24. The Labute approximate surface area is 164 Å². The molecular weight excluding hydrogens is 352 g/mol. The van der Waals surface area contributed by atoms with Gasteiger partial charge >= 0.3 is 5.97 Å². The zero-order valence-corrected chi connectivity index (χ0v) is 15.6. The van der Waals surface area contributed by atoms with Crippen molar-refractivity contribution in [2.75, 3.05) is 13.1 Å². The minimum atomic E-state index is -0.250. The van der Waals surface area contributed by atoms with E-state index in [1.54, 1.807) is 0 Å². The summed E-state index contributed by atoms with van der Waals surface area (Å²) in [4.78, 5) is 18.7. The molecule has 0 radical (unpaired) electrons. The van der Waals surface area contributed by atoms with Crippen LogP contribution in [0.2, 0.25) is 0 Å². The number of esters is 1. The van der Waals surface area contributed by atoms with E-state index >= 15 is 0 Å². The van der Waals surface area contributed by atoms with E-state index in [4.69, 9.17) is 9.15 Å². The molecule has 1 unspecified atom stereocenters. The topological polar surface area (TPSA) is 55.6 Å². The van der Waals surface area contributed by atoms with E-state index in [2.05, 4.69) is 22.0 Å². The summed E-state index contributed by atoms with van der Waals surface area (Å²) in [6.45, 7) is 3.33. The number of carbonyl (C=O) groups excluding carboxylic acids is 1. The van der Waals surface area contributed by atoms with Gasteiger partial charge in [-0.3, -0.25) is 9.88 Å². The second-order valence-electron chi connectivity index (χ2n) is 7.63. The number of pyridine rings is 1. The third-order valence-electron chi connectivity index (χ3n) is 5.61. The number of furan rings is 1. The van der Waals surface area contributed by atoms with Gasteiger partial charge in [0.25, 0.3) is 0 Å². The highest BCUT2D eigenvalue weighted by atomic mass is 16.5. The summed E-state index contributed by atoms with van der Waals surface area (Å²) in [6, 6.07) is 15.9. The summed E-state index contributed by atoms with van der Waals surface area (Å²) >= 11 is 0. The van der Waals surface area contributed by atoms with Crippen LogP contribution in [-0.2, 0) is 24.3 Å². The Morgan fingerprint density at radius 1 is 1.14 bits per heavy atom. The first kappa shape index (κ1) is 17.2. The minimum absolute atomic E-state index is 0.250. The molecule has 0 spiro atoms. The molecule has 0 bridgehead atoms. The molecule has 5 rings (SSSR count). The SMILES string of the molecule is O=C1OCc2ccc(-c3ccc(CN4CCC(Cc5ccccn5)C4)o3)cc21. The number of nitrogens with zero attached hydrogens (tertiary/aromatic N) is 2. The molecule has 5 heteroatoms. The molecule has 0 aliphatic carbocycles. The van der Waals surface area contributed by atoms with E-state index in [9.17, 15) is 4.79 Å². The highest BCUT2D eigenvalue weighted by Gasteiger charge is 2.25. The van der Waals surface area contributed by atoms with Gasteiger partial charge in [0.05, 0.1) is 12.1 Å². The second-order valence-corrected chi connectivity index (χ2v) is 7.63. The zero-order chi connectivity index (χ0) is 18.9. The van der Waals surface area contributed by atoms with E-state index in [0.29, 0.717) is 18.1 Å².